The Bertz CT molecular complexity index is 1320. The van der Waals surface area contributed by atoms with Gasteiger partial charge in [-0.3, -0.25) is 14.7 Å². The van der Waals surface area contributed by atoms with Crippen LogP contribution in [0.2, 0.25) is 0 Å². The van der Waals surface area contributed by atoms with Crippen molar-refractivity contribution in [2.45, 2.75) is 39.7 Å². The molecule has 0 saturated heterocycles. The minimum absolute atomic E-state index is 0.00926. The van der Waals surface area contributed by atoms with Gasteiger partial charge in [0.05, 0.1) is 6.42 Å². The summed E-state index contributed by atoms with van der Waals surface area (Å²) < 4.78 is 0. The highest BCUT2D eigenvalue weighted by Gasteiger charge is 2.25. The Morgan fingerprint density at radius 3 is 2.70 bits per heavy atom. The molecular weight excluding hydrogens is 410 g/mol. The van der Waals surface area contributed by atoms with E-state index in [2.05, 4.69) is 71.5 Å². The van der Waals surface area contributed by atoms with Crippen LogP contribution < -0.4 is 0 Å². The monoisotopic (exact) mass is 439 g/mol. The molecule has 2 aromatic heterocycles. The van der Waals surface area contributed by atoms with Crippen molar-refractivity contribution in [3.05, 3.63) is 88.4 Å². The Labute approximate surface area is 194 Å². The average Bonchev–Trinajstić information content (AvgIpc) is 3.22. The molecule has 0 unspecified atom stereocenters. The molecule has 3 heterocycles. The summed E-state index contributed by atoms with van der Waals surface area (Å²) in [5.74, 6) is -0.819. The number of H-pyrrole nitrogens is 1. The lowest BCUT2D eigenvalue weighted by atomic mass is 9.88. The van der Waals surface area contributed by atoms with Gasteiger partial charge in [0.15, 0.2) is 0 Å². The average molecular weight is 440 g/mol. The van der Waals surface area contributed by atoms with E-state index in [-0.39, 0.29) is 6.42 Å². The fourth-order valence-corrected chi connectivity index (χ4v) is 5.03. The summed E-state index contributed by atoms with van der Waals surface area (Å²) in [6, 6.07) is 16.8. The van der Waals surface area contributed by atoms with Crippen LogP contribution in [-0.2, 0) is 30.6 Å². The summed E-state index contributed by atoms with van der Waals surface area (Å²) >= 11 is 0. The van der Waals surface area contributed by atoms with Crippen LogP contribution in [0, 0.1) is 13.8 Å². The van der Waals surface area contributed by atoms with E-state index in [1.807, 2.05) is 6.92 Å². The maximum Gasteiger partial charge on any atom is 0.307 e. The fourth-order valence-electron chi connectivity index (χ4n) is 5.03. The molecule has 33 heavy (non-hydrogen) atoms. The molecule has 0 saturated carbocycles. The molecule has 168 valence electrons. The van der Waals surface area contributed by atoms with Gasteiger partial charge >= 0.3 is 5.97 Å². The number of rotatable bonds is 6. The van der Waals surface area contributed by atoms with Crippen molar-refractivity contribution >= 4 is 16.9 Å². The number of carbonyl (C=O) groups is 1. The third kappa shape index (κ3) is 4.29. The number of pyridine rings is 1. The number of aliphatic carboxylic acids is 1. The Morgan fingerprint density at radius 2 is 1.91 bits per heavy atom. The minimum Gasteiger partial charge on any atom is -0.481 e. The predicted molar refractivity (Wildman–Crippen MR) is 131 cm³/mol. The molecule has 4 aromatic rings. The SMILES string of the molecule is Cc1ccc(-c2c(CC(=O)O)c(C)nc3c2CN(CCc2c[nH]c4ccccc24)CC3)cc1. The highest BCUT2D eigenvalue weighted by atomic mass is 16.4. The van der Waals surface area contributed by atoms with E-state index in [9.17, 15) is 9.90 Å². The van der Waals surface area contributed by atoms with Crippen LogP contribution in [0.3, 0.4) is 0 Å². The topological polar surface area (TPSA) is 69.2 Å². The lowest BCUT2D eigenvalue weighted by Gasteiger charge is -2.31. The zero-order chi connectivity index (χ0) is 22.9. The second kappa shape index (κ2) is 8.83. The second-order valence-electron chi connectivity index (χ2n) is 9.05. The van der Waals surface area contributed by atoms with Crippen molar-refractivity contribution in [1.82, 2.24) is 14.9 Å². The molecule has 0 radical (unpaired) electrons. The molecule has 0 bridgehead atoms. The number of benzene rings is 2. The van der Waals surface area contributed by atoms with Gasteiger partial charge in [-0.15, -0.1) is 0 Å². The number of para-hydroxylation sites is 1. The zero-order valence-corrected chi connectivity index (χ0v) is 19.2. The van der Waals surface area contributed by atoms with Crippen LogP contribution in [0.1, 0.15) is 33.6 Å². The number of carboxylic acids is 1. The van der Waals surface area contributed by atoms with Crippen LogP contribution in [0.5, 0.6) is 0 Å². The number of nitrogens with one attached hydrogen (secondary N) is 1. The molecule has 5 nitrogen and oxygen atoms in total. The first-order chi connectivity index (χ1) is 16.0. The summed E-state index contributed by atoms with van der Waals surface area (Å²) in [6.07, 6.45) is 3.97. The summed E-state index contributed by atoms with van der Waals surface area (Å²) in [4.78, 5) is 22.4. The Balaban J connectivity index is 1.47. The highest BCUT2D eigenvalue weighted by molar-refractivity contribution is 5.83. The number of aromatic nitrogens is 2. The molecule has 1 aliphatic heterocycles. The summed E-state index contributed by atoms with van der Waals surface area (Å²) in [7, 11) is 0. The smallest absolute Gasteiger partial charge is 0.307 e. The number of nitrogens with zero attached hydrogens (tertiary/aromatic N) is 2. The van der Waals surface area contributed by atoms with Gasteiger partial charge in [-0.25, -0.2) is 0 Å². The number of carboxylic acid groups (broad SMARTS) is 1. The lowest BCUT2D eigenvalue weighted by Crippen LogP contribution is -2.33. The van der Waals surface area contributed by atoms with Crippen molar-refractivity contribution in [3.63, 3.8) is 0 Å². The number of hydrogen-bond donors (Lipinski definition) is 2. The molecule has 2 N–H and O–H groups in total. The van der Waals surface area contributed by atoms with E-state index < -0.39 is 5.97 Å². The molecule has 5 heteroatoms. The van der Waals surface area contributed by atoms with Gasteiger partial charge in [-0.2, -0.15) is 0 Å². The number of hydrogen-bond acceptors (Lipinski definition) is 3. The Hall–Kier alpha value is -3.44. The molecule has 0 spiro atoms. The van der Waals surface area contributed by atoms with E-state index in [0.717, 1.165) is 60.6 Å². The van der Waals surface area contributed by atoms with Gasteiger partial charge in [-0.05, 0) is 54.2 Å². The van der Waals surface area contributed by atoms with Gasteiger partial charge in [-0.1, -0.05) is 48.0 Å². The molecule has 0 aliphatic carbocycles. The molecule has 2 aromatic carbocycles. The highest BCUT2D eigenvalue weighted by Crippen LogP contribution is 2.35. The third-order valence-electron chi connectivity index (χ3n) is 6.78. The molecule has 5 rings (SSSR count). The van der Waals surface area contributed by atoms with Gasteiger partial charge in [0, 0.05) is 54.5 Å². The predicted octanol–water partition coefficient (Wildman–Crippen LogP) is 5.07. The van der Waals surface area contributed by atoms with Crippen molar-refractivity contribution in [2.24, 2.45) is 0 Å². The van der Waals surface area contributed by atoms with Crippen LogP contribution in [0.15, 0.2) is 54.7 Å². The second-order valence-corrected chi connectivity index (χ2v) is 9.05. The zero-order valence-electron chi connectivity index (χ0n) is 19.2. The fraction of sp³-hybridized carbons (Fsp3) is 0.286. The molecule has 0 atom stereocenters. The van der Waals surface area contributed by atoms with E-state index in [0.29, 0.717) is 0 Å². The lowest BCUT2D eigenvalue weighted by molar-refractivity contribution is -0.136. The Morgan fingerprint density at radius 1 is 1.12 bits per heavy atom. The quantitative estimate of drug-likeness (QED) is 0.440. The standard InChI is InChI=1S/C28H29N3O2/c1-18-7-9-20(10-8-18)28-23(15-27(32)33)19(2)30-26-12-14-31(17-24(26)28)13-11-21-16-29-25-6-4-3-5-22(21)25/h3-10,16,29H,11-15,17H2,1-2H3,(H,32,33). The van der Waals surface area contributed by atoms with Crippen LogP contribution in [0.25, 0.3) is 22.0 Å². The van der Waals surface area contributed by atoms with Crippen molar-refractivity contribution < 1.29 is 9.90 Å². The summed E-state index contributed by atoms with van der Waals surface area (Å²) in [5, 5.41) is 10.9. The van der Waals surface area contributed by atoms with Gasteiger partial charge in [0.2, 0.25) is 0 Å². The number of aromatic amines is 1. The maximum absolute atomic E-state index is 11.7. The minimum atomic E-state index is -0.819. The van der Waals surface area contributed by atoms with E-state index in [1.165, 1.54) is 27.6 Å². The van der Waals surface area contributed by atoms with Crippen LogP contribution in [-0.4, -0.2) is 39.0 Å². The van der Waals surface area contributed by atoms with Crippen molar-refractivity contribution in [1.29, 1.82) is 0 Å². The van der Waals surface area contributed by atoms with E-state index in [4.69, 9.17) is 4.98 Å². The molecule has 1 aliphatic rings. The Kier molecular flexibility index (Phi) is 5.73. The van der Waals surface area contributed by atoms with Crippen molar-refractivity contribution in [3.8, 4) is 11.1 Å². The largest absolute Gasteiger partial charge is 0.481 e. The third-order valence-corrected chi connectivity index (χ3v) is 6.78. The van der Waals surface area contributed by atoms with Gasteiger partial charge < -0.3 is 10.1 Å². The first-order valence-electron chi connectivity index (χ1n) is 11.6. The normalized spacial score (nSPS) is 13.9. The van der Waals surface area contributed by atoms with E-state index >= 15 is 0 Å². The van der Waals surface area contributed by atoms with Crippen LogP contribution in [0.4, 0.5) is 0 Å². The maximum atomic E-state index is 11.7. The molecular formula is C28H29N3O2. The summed E-state index contributed by atoms with van der Waals surface area (Å²) in [5.41, 5.74) is 9.82. The van der Waals surface area contributed by atoms with E-state index in [1.54, 1.807) is 0 Å². The molecule has 0 amide bonds. The van der Waals surface area contributed by atoms with Crippen molar-refractivity contribution in [2.75, 3.05) is 13.1 Å². The first kappa shape index (κ1) is 21.4. The summed E-state index contributed by atoms with van der Waals surface area (Å²) in [6.45, 7) is 6.73. The number of fused-ring (bicyclic) bond motifs is 2. The first-order valence-corrected chi connectivity index (χ1v) is 11.6. The van der Waals surface area contributed by atoms with Gasteiger partial charge in [0.25, 0.3) is 0 Å². The van der Waals surface area contributed by atoms with Gasteiger partial charge in [0.1, 0.15) is 0 Å². The molecule has 0 fully saturated rings. The number of aryl methyl sites for hydroxylation is 2. The van der Waals surface area contributed by atoms with Crippen LogP contribution >= 0.6 is 0 Å².